The van der Waals surface area contributed by atoms with E-state index < -0.39 is 11.9 Å². The molecule has 1 unspecified atom stereocenters. The van der Waals surface area contributed by atoms with Crippen molar-refractivity contribution in [2.45, 2.75) is 18.0 Å². The van der Waals surface area contributed by atoms with E-state index in [1.807, 2.05) is 25.3 Å². The Kier molecular flexibility index (Phi) is 5.62. The monoisotopic (exact) mass is 374 g/mol. The minimum Gasteiger partial charge on any atom is -0.454 e. The zero-order valence-electron chi connectivity index (χ0n) is 14.4. The molecule has 1 N–H and O–H groups in total. The van der Waals surface area contributed by atoms with Gasteiger partial charge in [0.2, 0.25) is 6.79 Å². The van der Waals surface area contributed by atoms with Gasteiger partial charge >= 0.3 is 5.97 Å². The number of hydrogen-bond donors (Lipinski definition) is 1. The number of hydrogen-bond acceptors (Lipinski definition) is 7. The first-order valence-corrected chi connectivity index (χ1v) is 9.16. The Balaban J connectivity index is 1.54. The minimum absolute atomic E-state index is 0.196. The number of ether oxygens (including phenoxy) is 3. The molecular formula is C18H18N2O5S. The highest BCUT2D eigenvalue weighted by atomic mass is 32.2. The van der Waals surface area contributed by atoms with Crippen LogP contribution in [-0.2, 0) is 9.53 Å². The smallest absolute Gasteiger partial charge is 0.341 e. The molecule has 1 aromatic carbocycles. The van der Waals surface area contributed by atoms with E-state index in [-0.39, 0.29) is 19.4 Å². The van der Waals surface area contributed by atoms with Crippen LogP contribution in [0.15, 0.2) is 41.6 Å². The number of nitrogens with one attached hydrogen (secondary N) is 1. The Labute approximate surface area is 155 Å². The molecule has 136 valence electrons. The first kappa shape index (κ1) is 18.1. The van der Waals surface area contributed by atoms with Crippen LogP contribution in [-0.4, -0.2) is 36.5 Å². The second-order valence-electron chi connectivity index (χ2n) is 5.54. The topological polar surface area (TPSA) is 86.8 Å². The van der Waals surface area contributed by atoms with Crippen molar-refractivity contribution in [2.24, 2.45) is 0 Å². The van der Waals surface area contributed by atoms with Crippen molar-refractivity contribution in [1.29, 1.82) is 0 Å². The molecule has 1 aliphatic heterocycles. The van der Waals surface area contributed by atoms with E-state index in [9.17, 15) is 9.59 Å². The van der Waals surface area contributed by atoms with E-state index in [4.69, 9.17) is 14.2 Å². The maximum atomic E-state index is 12.1. The molecule has 7 nitrogen and oxygen atoms in total. The number of amides is 1. The average molecular weight is 374 g/mol. The van der Waals surface area contributed by atoms with Crippen LogP contribution in [0.25, 0.3) is 0 Å². The zero-order chi connectivity index (χ0) is 18.5. The van der Waals surface area contributed by atoms with Crippen LogP contribution in [0.3, 0.4) is 0 Å². The molecule has 0 radical (unpaired) electrons. The van der Waals surface area contributed by atoms with Crippen LogP contribution in [0, 0.1) is 0 Å². The third kappa shape index (κ3) is 4.08. The molecule has 1 atom stereocenters. The summed E-state index contributed by atoms with van der Waals surface area (Å²) in [6, 6.07) is 8.47. The van der Waals surface area contributed by atoms with Gasteiger partial charge in [0.25, 0.3) is 5.91 Å². The average Bonchev–Trinajstić information content (AvgIpc) is 3.13. The summed E-state index contributed by atoms with van der Waals surface area (Å²) < 4.78 is 15.7. The number of rotatable bonds is 6. The van der Waals surface area contributed by atoms with Crippen LogP contribution in [0.1, 0.15) is 28.9 Å². The molecule has 0 bridgehead atoms. The quantitative estimate of drug-likeness (QED) is 0.614. The number of fused-ring (bicyclic) bond motifs is 1. The fourth-order valence-corrected chi connectivity index (χ4v) is 3.00. The molecule has 1 amide bonds. The molecule has 2 heterocycles. The normalized spacial score (nSPS) is 13.2. The fraction of sp³-hybridized carbons (Fsp3) is 0.278. The number of esters is 1. The summed E-state index contributed by atoms with van der Waals surface area (Å²) in [7, 11) is 0. The highest BCUT2D eigenvalue weighted by molar-refractivity contribution is 7.98. The summed E-state index contributed by atoms with van der Waals surface area (Å²) in [4.78, 5) is 28.3. The molecule has 0 saturated heterocycles. The highest BCUT2D eigenvalue weighted by Crippen LogP contribution is 2.34. The van der Waals surface area contributed by atoms with Gasteiger partial charge in [-0.2, -0.15) is 0 Å². The number of aromatic nitrogens is 1. The fourth-order valence-electron chi connectivity index (χ4n) is 2.47. The molecule has 0 fully saturated rings. The first-order chi connectivity index (χ1) is 12.6. The van der Waals surface area contributed by atoms with Gasteiger partial charge < -0.3 is 19.5 Å². The van der Waals surface area contributed by atoms with E-state index in [0.29, 0.717) is 22.1 Å². The second kappa shape index (κ2) is 8.09. The van der Waals surface area contributed by atoms with Crippen molar-refractivity contribution >= 4 is 23.6 Å². The summed E-state index contributed by atoms with van der Waals surface area (Å²) in [6.07, 6.45) is 3.42. The summed E-state index contributed by atoms with van der Waals surface area (Å²) in [5, 5.41) is 3.35. The molecular weight excluding hydrogens is 356 g/mol. The van der Waals surface area contributed by atoms with Crippen molar-refractivity contribution in [3.05, 3.63) is 47.7 Å². The van der Waals surface area contributed by atoms with Crippen LogP contribution in [0.5, 0.6) is 11.5 Å². The van der Waals surface area contributed by atoms with Gasteiger partial charge in [-0.05, 0) is 43.0 Å². The van der Waals surface area contributed by atoms with E-state index in [1.54, 1.807) is 24.4 Å². The van der Waals surface area contributed by atoms with Crippen molar-refractivity contribution in [2.75, 3.05) is 19.7 Å². The van der Waals surface area contributed by atoms with E-state index in [1.165, 1.54) is 11.8 Å². The van der Waals surface area contributed by atoms with Crippen LogP contribution in [0.2, 0.25) is 0 Å². The number of benzene rings is 1. The van der Waals surface area contributed by atoms with Gasteiger partial charge in [0.1, 0.15) is 5.03 Å². The van der Waals surface area contributed by atoms with E-state index in [2.05, 4.69) is 10.3 Å². The lowest BCUT2D eigenvalue weighted by Crippen LogP contribution is -2.31. The minimum atomic E-state index is -0.576. The molecule has 2 aromatic rings. The lowest BCUT2D eigenvalue weighted by atomic mass is 10.1. The molecule has 0 aliphatic carbocycles. The van der Waals surface area contributed by atoms with Gasteiger partial charge in [0.15, 0.2) is 18.1 Å². The van der Waals surface area contributed by atoms with Crippen LogP contribution < -0.4 is 14.8 Å². The van der Waals surface area contributed by atoms with Gasteiger partial charge in [-0.25, -0.2) is 9.78 Å². The number of carbonyl (C=O) groups excluding carboxylic acids is 2. The van der Waals surface area contributed by atoms with Crippen molar-refractivity contribution < 1.29 is 23.8 Å². The molecule has 1 aromatic heterocycles. The van der Waals surface area contributed by atoms with E-state index >= 15 is 0 Å². The number of nitrogens with zero attached hydrogens (tertiary/aromatic N) is 1. The van der Waals surface area contributed by atoms with Crippen molar-refractivity contribution in [1.82, 2.24) is 10.3 Å². The summed E-state index contributed by atoms with van der Waals surface area (Å²) in [5.41, 5.74) is 1.21. The molecule has 26 heavy (non-hydrogen) atoms. The maximum absolute atomic E-state index is 12.1. The Morgan fingerprint density at radius 3 is 2.92 bits per heavy atom. The second-order valence-corrected chi connectivity index (χ2v) is 6.33. The maximum Gasteiger partial charge on any atom is 0.341 e. The Morgan fingerprint density at radius 1 is 1.31 bits per heavy atom. The van der Waals surface area contributed by atoms with Crippen molar-refractivity contribution in [3.63, 3.8) is 0 Å². The van der Waals surface area contributed by atoms with Crippen molar-refractivity contribution in [3.8, 4) is 11.5 Å². The first-order valence-electron chi connectivity index (χ1n) is 7.93. The Hall–Kier alpha value is -2.74. The molecule has 3 rings (SSSR count). The lowest BCUT2D eigenvalue weighted by Gasteiger charge is -2.15. The predicted octanol–water partition coefficient (Wildman–Crippen LogP) is 2.57. The summed E-state index contributed by atoms with van der Waals surface area (Å²) >= 11 is 1.34. The standard InChI is InChI=1S/C18H18N2O5S/c1-11(12-5-6-14-15(8-12)25-10-24-14)20-16(21)9-23-18(22)13-4-3-7-19-17(13)26-2/h3-8,11H,9-10H2,1-2H3,(H,20,21). The van der Waals surface area contributed by atoms with Gasteiger partial charge in [-0.3, -0.25) is 4.79 Å². The lowest BCUT2D eigenvalue weighted by molar-refractivity contribution is -0.124. The number of pyridine rings is 1. The molecule has 0 saturated carbocycles. The number of thioether (sulfide) groups is 1. The highest BCUT2D eigenvalue weighted by Gasteiger charge is 2.18. The van der Waals surface area contributed by atoms with Gasteiger partial charge in [0, 0.05) is 6.20 Å². The van der Waals surface area contributed by atoms with E-state index in [0.717, 1.165) is 5.56 Å². The van der Waals surface area contributed by atoms with Gasteiger partial charge in [-0.15, -0.1) is 11.8 Å². The SMILES string of the molecule is CSc1ncccc1C(=O)OCC(=O)NC(C)c1ccc2c(c1)OCO2. The van der Waals surface area contributed by atoms with Gasteiger partial charge in [-0.1, -0.05) is 6.07 Å². The zero-order valence-corrected chi connectivity index (χ0v) is 15.2. The molecule has 8 heteroatoms. The Bertz CT molecular complexity index is 827. The van der Waals surface area contributed by atoms with Crippen LogP contribution >= 0.6 is 11.8 Å². The molecule has 1 aliphatic rings. The Morgan fingerprint density at radius 2 is 2.12 bits per heavy atom. The third-order valence-corrected chi connectivity index (χ3v) is 4.50. The summed E-state index contributed by atoms with van der Waals surface area (Å²) in [6.45, 7) is 1.67. The third-order valence-electron chi connectivity index (χ3n) is 3.79. The largest absolute Gasteiger partial charge is 0.454 e. The molecule has 0 spiro atoms. The van der Waals surface area contributed by atoms with Crippen LogP contribution in [0.4, 0.5) is 0 Å². The van der Waals surface area contributed by atoms with Gasteiger partial charge in [0.05, 0.1) is 11.6 Å². The number of carbonyl (C=O) groups is 2. The predicted molar refractivity (Wildman–Crippen MR) is 95.4 cm³/mol. The summed E-state index contributed by atoms with van der Waals surface area (Å²) in [5.74, 6) is 0.366.